The summed E-state index contributed by atoms with van der Waals surface area (Å²) in [5.41, 5.74) is 0. The van der Waals surface area contributed by atoms with Crippen LogP contribution >= 0.6 is 0 Å². The molecule has 130 valence electrons. The molecule has 2 fully saturated rings. The lowest BCUT2D eigenvalue weighted by molar-refractivity contribution is -0.0707. The van der Waals surface area contributed by atoms with E-state index in [0.717, 1.165) is 32.5 Å². The minimum Gasteiger partial charge on any atom is -0.373 e. The number of morpholine rings is 1. The summed E-state index contributed by atoms with van der Waals surface area (Å²) in [6.45, 7) is 8.05. The van der Waals surface area contributed by atoms with E-state index in [1.54, 1.807) is 4.31 Å². The Hall–Kier alpha value is -0.210. The highest BCUT2D eigenvalue weighted by atomic mass is 32.2. The third-order valence-corrected chi connectivity index (χ3v) is 6.33. The summed E-state index contributed by atoms with van der Waals surface area (Å²) >= 11 is 0. The van der Waals surface area contributed by atoms with E-state index < -0.39 is 10.0 Å². The van der Waals surface area contributed by atoms with Crippen molar-refractivity contribution in [1.29, 1.82) is 0 Å². The zero-order chi connectivity index (χ0) is 16.3. The Morgan fingerprint density at radius 2 is 1.82 bits per heavy atom. The Kier molecular flexibility index (Phi) is 6.24. The third kappa shape index (κ3) is 4.89. The van der Waals surface area contributed by atoms with Crippen LogP contribution < -0.4 is 0 Å². The zero-order valence-corrected chi connectivity index (χ0v) is 15.2. The van der Waals surface area contributed by atoms with Gasteiger partial charge in [0.05, 0.1) is 18.0 Å². The molecule has 0 amide bonds. The maximum absolute atomic E-state index is 12.6. The Labute approximate surface area is 135 Å². The van der Waals surface area contributed by atoms with E-state index in [0.29, 0.717) is 13.1 Å². The standard InChI is InChI=1S/C15H31N3O3S/c1-13-10-17(11-14(2)21-13)12-15-6-5-7-18(15)22(19,20)9-8-16(3)4/h13-15H,5-12H2,1-4H3. The van der Waals surface area contributed by atoms with Gasteiger partial charge in [0.15, 0.2) is 0 Å². The molecule has 2 aliphatic heterocycles. The molecular weight excluding hydrogens is 302 g/mol. The van der Waals surface area contributed by atoms with Crippen molar-refractivity contribution in [3.05, 3.63) is 0 Å². The summed E-state index contributed by atoms with van der Waals surface area (Å²) in [5.74, 6) is 0.215. The minimum atomic E-state index is -3.15. The molecule has 0 aromatic rings. The lowest BCUT2D eigenvalue weighted by Crippen LogP contribution is -2.51. The average Bonchev–Trinajstić information content (AvgIpc) is 2.84. The Balaban J connectivity index is 1.95. The van der Waals surface area contributed by atoms with Gasteiger partial charge in [0.25, 0.3) is 0 Å². The van der Waals surface area contributed by atoms with Gasteiger partial charge < -0.3 is 9.64 Å². The van der Waals surface area contributed by atoms with E-state index in [-0.39, 0.29) is 24.0 Å². The fourth-order valence-corrected chi connectivity index (χ4v) is 5.37. The van der Waals surface area contributed by atoms with Gasteiger partial charge in [-0.3, -0.25) is 4.90 Å². The van der Waals surface area contributed by atoms with Gasteiger partial charge >= 0.3 is 0 Å². The van der Waals surface area contributed by atoms with Crippen LogP contribution in [0.2, 0.25) is 0 Å². The molecule has 0 bridgehead atoms. The molecular formula is C15H31N3O3S. The van der Waals surface area contributed by atoms with E-state index in [1.165, 1.54) is 0 Å². The lowest BCUT2D eigenvalue weighted by Gasteiger charge is -2.38. The van der Waals surface area contributed by atoms with Crippen molar-refractivity contribution in [3.63, 3.8) is 0 Å². The highest BCUT2D eigenvalue weighted by Gasteiger charge is 2.36. The van der Waals surface area contributed by atoms with E-state index in [2.05, 4.69) is 18.7 Å². The fraction of sp³-hybridized carbons (Fsp3) is 1.00. The van der Waals surface area contributed by atoms with Gasteiger partial charge in [-0.25, -0.2) is 8.42 Å². The van der Waals surface area contributed by atoms with E-state index in [4.69, 9.17) is 4.74 Å². The molecule has 22 heavy (non-hydrogen) atoms. The van der Waals surface area contributed by atoms with Gasteiger partial charge in [-0.05, 0) is 40.8 Å². The van der Waals surface area contributed by atoms with Crippen LogP contribution in [-0.4, -0.2) is 93.3 Å². The highest BCUT2D eigenvalue weighted by Crippen LogP contribution is 2.23. The van der Waals surface area contributed by atoms with Crippen LogP contribution in [0.1, 0.15) is 26.7 Å². The Morgan fingerprint density at radius 1 is 1.18 bits per heavy atom. The van der Waals surface area contributed by atoms with Gasteiger partial charge in [0.1, 0.15) is 0 Å². The summed E-state index contributed by atoms with van der Waals surface area (Å²) in [6.07, 6.45) is 2.40. The summed E-state index contributed by atoms with van der Waals surface area (Å²) in [5, 5.41) is 0. The van der Waals surface area contributed by atoms with Crippen LogP contribution in [0.4, 0.5) is 0 Å². The van der Waals surface area contributed by atoms with Crippen LogP contribution in [0.15, 0.2) is 0 Å². The normalized spacial score (nSPS) is 32.0. The second kappa shape index (κ2) is 7.57. The summed E-state index contributed by atoms with van der Waals surface area (Å²) in [7, 11) is 0.672. The molecule has 0 N–H and O–H groups in total. The van der Waals surface area contributed by atoms with E-state index in [9.17, 15) is 8.42 Å². The van der Waals surface area contributed by atoms with Gasteiger partial charge in [0.2, 0.25) is 10.0 Å². The molecule has 2 rings (SSSR count). The van der Waals surface area contributed by atoms with Crippen LogP contribution in [-0.2, 0) is 14.8 Å². The predicted octanol–water partition coefficient (Wildman–Crippen LogP) is 0.451. The molecule has 3 unspecified atom stereocenters. The van der Waals surface area contributed by atoms with Crippen molar-refractivity contribution in [2.45, 2.75) is 44.9 Å². The number of sulfonamides is 1. The average molecular weight is 333 g/mol. The molecule has 3 atom stereocenters. The van der Waals surface area contributed by atoms with Gasteiger partial charge in [-0.2, -0.15) is 4.31 Å². The van der Waals surface area contributed by atoms with Crippen molar-refractivity contribution in [3.8, 4) is 0 Å². The number of nitrogens with zero attached hydrogens (tertiary/aromatic N) is 3. The largest absolute Gasteiger partial charge is 0.373 e. The van der Waals surface area contributed by atoms with Crippen molar-refractivity contribution in [1.82, 2.24) is 14.1 Å². The van der Waals surface area contributed by atoms with Crippen molar-refractivity contribution in [2.24, 2.45) is 0 Å². The van der Waals surface area contributed by atoms with Crippen molar-refractivity contribution >= 4 is 10.0 Å². The van der Waals surface area contributed by atoms with E-state index in [1.807, 2.05) is 19.0 Å². The first kappa shape index (κ1) is 18.1. The summed E-state index contributed by atoms with van der Waals surface area (Å²) in [6, 6.07) is 0.129. The molecule has 0 spiro atoms. The summed E-state index contributed by atoms with van der Waals surface area (Å²) in [4.78, 5) is 4.29. The van der Waals surface area contributed by atoms with Crippen molar-refractivity contribution < 1.29 is 13.2 Å². The predicted molar refractivity (Wildman–Crippen MR) is 88.5 cm³/mol. The molecule has 0 aromatic carbocycles. The second-order valence-corrected chi connectivity index (χ2v) is 9.04. The van der Waals surface area contributed by atoms with Crippen LogP contribution in [0.3, 0.4) is 0 Å². The van der Waals surface area contributed by atoms with Crippen LogP contribution in [0.25, 0.3) is 0 Å². The van der Waals surface area contributed by atoms with Gasteiger partial charge in [-0.15, -0.1) is 0 Å². The SMILES string of the molecule is CC1CN(CC2CCCN2S(=O)(=O)CCN(C)C)CC(C)O1. The second-order valence-electron chi connectivity index (χ2n) is 7.00. The lowest BCUT2D eigenvalue weighted by atomic mass is 10.1. The first-order chi connectivity index (χ1) is 10.3. The third-order valence-electron chi connectivity index (χ3n) is 4.44. The highest BCUT2D eigenvalue weighted by molar-refractivity contribution is 7.89. The quantitative estimate of drug-likeness (QED) is 0.706. The first-order valence-electron chi connectivity index (χ1n) is 8.30. The van der Waals surface area contributed by atoms with Crippen LogP contribution in [0, 0.1) is 0 Å². The topological polar surface area (TPSA) is 53.1 Å². The van der Waals surface area contributed by atoms with Crippen LogP contribution in [0.5, 0.6) is 0 Å². The number of rotatable bonds is 6. The maximum Gasteiger partial charge on any atom is 0.215 e. The van der Waals surface area contributed by atoms with Crippen molar-refractivity contribution in [2.75, 3.05) is 52.6 Å². The number of hydrogen-bond donors (Lipinski definition) is 0. The summed E-state index contributed by atoms with van der Waals surface area (Å²) < 4.78 is 32.7. The molecule has 2 saturated heterocycles. The number of hydrogen-bond acceptors (Lipinski definition) is 5. The fourth-order valence-electron chi connectivity index (χ4n) is 3.50. The minimum absolute atomic E-state index is 0.129. The number of ether oxygens (including phenoxy) is 1. The molecule has 0 radical (unpaired) electrons. The van der Waals surface area contributed by atoms with E-state index >= 15 is 0 Å². The molecule has 2 heterocycles. The monoisotopic (exact) mass is 333 g/mol. The molecule has 0 aliphatic carbocycles. The van der Waals surface area contributed by atoms with Gasteiger partial charge in [0, 0.05) is 38.8 Å². The molecule has 0 saturated carbocycles. The molecule has 7 heteroatoms. The smallest absolute Gasteiger partial charge is 0.215 e. The maximum atomic E-state index is 12.6. The van der Waals surface area contributed by atoms with Gasteiger partial charge in [-0.1, -0.05) is 0 Å². The Morgan fingerprint density at radius 3 is 2.41 bits per heavy atom. The molecule has 6 nitrogen and oxygen atoms in total. The molecule has 0 aromatic heterocycles. The molecule has 2 aliphatic rings. The first-order valence-corrected chi connectivity index (χ1v) is 9.91. The zero-order valence-electron chi connectivity index (χ0n) is 14.4. The Bertz CT molecular complexity index is 445.